The topological polar surface area (TPSA) is 75.8 Å². The highest BCUT2D eigenvalue weighted by atomic mass is 16.5. The first-order chi connectivity index (χ1) is 13.7. The van der Waals surface area contributed by atoms with Gasteiger partial charge in [0.15, 0.2) is 0 Å². The summed E-state index contributed by atoms with van der Waals surface area (Å²) in [5, 5.41) is 9.02. The Morgan fingerprint density at radius 1 is 0.786 bits per heavy atom. The van der Waals surface area contributed by atoms with Crippen LogP contribution in [0.25, 0.3) is 0 Å². The number of aliphatic hydroxyl groups is 1. The van der Waals surface area contributed by atoms with Crippen molar-refractivity contribution >= 4 is 5.97 Å². The Morgan fingerprint density at radius 3 is 1.96 bits per heavy atom. The van der Waals surface area contributed by atoms with Gasteiger partial charge in [-0.2, -0.15) is 0 Å². The molecule has 0 aliphatic heterocycles. The summed E-state index contributed by atoms with van der Waals surface area (Å²) < 4.78 is 5.35. The predicted molar refractivity (Wildman–Crippen MR) is 118 cm³/mol. The van der Waals surface area contributed by atoms with Crippen LogP contribution in [0.1, 0.15) is 103 Å². The van der Waals surface area contributed by atoms with Gasteiger partial charge in [-0.25, -0.2) is 0 Å². The number of hydrogen-bond acceptors (Lipinski definition) is 5. The molecule has 0 heterocycles. The van der Waals surface area contributed by atoms with Gasteiger partial charge in [-0.05, 0) is 58.2 Å². The minimum atomic E-state index is -0.0513. The lowest BCUT2D eigenvalue weighted by Gasteiger charge is -2.21. The summed E-state index contributed by atoms with van der Waals surface area (Å²) in [4.78, 5) is 14.2. The Balaban J connectivity index is 3.51. The fourth-order valence-electron chi connectivity index (χ4n) is 3.39. The zero-order valence-electron chi connectivity index (χ0n) is 18.6. The van der Waals surface area contributed by atoms with Crippen molar-refractivity contribution in [2.75, 3.05) is 39.4 Å². The minimum Gasteiger partial charge on any atom is -0.466 e. The van der Waals surface area contributed by atoms with E-state index in [9.17, 15) is 4.79 Å². The van der Waals surface area contributed by atoms with E-state index in [-0.39, 0.29) is 12.6 Å². The molecular formula is C23H48N2O3. The Kier molecular flexibility index (Phi) is 22.1. The molecule has 0 fully saturated rings. The molecule has 5 heteroatoms. The standard InChI is InChI=1S/C23H48N2O3/c1-2-3-4-5-6-7-8-9-14-22-28-23(27)16-10-12-18-25(20-15-21-26)19-13-11-17-24/h26H,2-22,24H2,1H3. The average molecular weight is 401 g/mol. The summed E-state index contributed by atoms with van der Waals surface area (Å²) in [5.41, 5.74) is 5.56. The Bertz CT molecular complexity index is 327. The summed E-state index contributed by atoms with van der Waals surface area (Å²) in [6.07, 6.45) is 16.9. The van der Waals surface area contributed by atoms with Gasteiger partial charge in [0.1, 0.15) is 0 Å². The maximum atomic E-state index is 11.8. The third-order valence-electron chi connectivity index (χ3n) is 5.18. The van der Waals surface area contributed by atoms with Crippen molar-refractivity contribution in [1.29, 1.82) is 0 Å². The summed E-state index contributed by atoms with van der Waals surface area (Å²) >= 11 is 0. The van der Waals surface area contributed by atoms with Crippen molar-refractivity contribution in [3.63, 3.8) is 0 Å². The molecule has 0 atom stereocenters. The summed E-state index contributed by atoms with van der Waals surface area (Å²) in [7, 11) is 0. The second-order valence-corrected chi connectivity index (χ2v) is 7.92. The molecule has 0 aliphatic carbocycles. The molecule has 0 aromatic rings. The first-order valence-corrected chi connectivity index (χ1v) is 11.9. The lowest BCUT2D eigenvalue weighted by Crippen LogP contribution is -2.28. The molecule has 0 spiro atoms. The molecule has 0 amide bonds. The molecule has 0 bridgehead atoms. The van der Waals surface area contributed by atoms with Crippen molar-refractivity contribution in [3.8, 4) is 0 Å². The van der Waals surface area contributed by atoms with Crippen LogP contribution in [-0.4, -0.2) is 55.4 Å². The molecule has 5 nitrogen and oxygen atoms in total. The van der Waals surface area contributed by atoms with E-state index in [2.05, 4.69) is 11.8 Å². The predicted octanol–water partition coefficient (Wildman–Crippen LogP) is 4.65. The Morgan fingerprint density at radius 2 is 1.36 bits per heavy atom. The van der Waals surface area contributed by atoms with Crippen LogP contribution in [0.5, 0.6) is 0 Å². The van der Waals surface area contributed by atoms with Gasteiger partial charge >= 0.3 is 5.97 Å². The van der Waals surface area contributed by atoms with Gasteiger partial charge in [-0.15, -0.1) is 0 Å². The van der Waals surface area contributed by atoms with E-state index >= 15 is 0 Å². The number of esters is 1. The Labute approximate surface area is 174 Å². The van der Waals surface area contributed by atoms with Gasteiger partial charge in [0.25, 0.3) is 0 Å². The van der Waals surface area contributed by atoms with Crippen molar-refractivity contribution in [2.45, 2.75) is 103 Å². The maximum absolute atomic E-state index is 11.8. The number of hydrogen-bond donors (Lipinski definition) is 2. The van der Waals surface area contributed by atoms with Gasteiger partial charge in [0.2, 0.25) is 0 Å². The zero-order valence-corrected chi connectivity index (χ0v) is 18.6. The molecular weight excluding hydrogens is 352 g/mol. The maximum Gasteiger partial charge on any atom is 0.305 e. The molecule has 28 heavy (non-hydrogen) atoms. The van der Waals surface area contributed by atoms with Crippen molar-refractivity contribution in [3.05, 3.63) is 0 Å². The minimum absolute atomic E-state index is 0.0513. The number of aliphatic hydroxyl groups excluding tert-OH is 1. The van der Waals surface area contributed by atoms with E-state index in [1.54, 1.807) is 0 Å². The van der Waals surface area contributed by atoms with Crippen molar-refractivity contribution in [1.82, 2.24) is 4.90 Å². The van der Waals surface area contributed by atoms with E-state index in [1.165, 1.54) is 51.4 Å². The SMILES string of the molecule is CCCCCCCCCCCOC(=O)CCCCN(CCCO)CCCCN. The second-order valence-electron chi connectivity index (χ2n) is 7.92. The molecule has 0 saturated carbocycles. The van der Waals surface area contributed by atoms with Crippen LogP contribution in [0.4, 0.5) is 0 Å². The fourth-order valence-corrected chi connectivity index (χ4v) is 3.39. The smallest absolute Gasteiger partial charge is 0.305 e. The molecule has 3 N–H and O–H groups in total. The highest BCUT2D eigenvalue weighted by Crippen LogP contribution is 2.10. The number of rotatable bonds is 22. The van der Waals surface area contributed by atoms with Crippen LogP contribution in [0.15, 0.2) is 0 Å². The van der Waals surface area contributed by atoms with Crippen LogP contribution in [0.2, 0.25) is 0 Å². The quantitative estimate of drug-likeness (QED) is 0.204. The highest BCUT2D eigenvalue weighted by molar-refractivity contribution is 5.69. The molecule has 168 valence electrons. The number of unbranched alkanes of at least 4 members (excludes halogenated alkanes) is 10. The van der Waals surface area contributed by atoms with E-state index in [0.717, 1.165) is 64.7 Å². The molecule has 0 aromatic carbocycles. The van der Waals surface area contributed by atoms with Gasteiger partial charge in [0, 0.05) is 19.6 Å². The fraction of sp³-hybridized carbons (Fsp3) is 0.957. The Hall–Kier alpha value is -0.650. The lowest BCUT2D eigenvalue weighted by atomic mass is 10.1. The third kappa shape index (κ3) is 20.1. The van der Waals surface area contributed by atoms with Gasteiger partial charge in [0.05, 0.1) is 6.61 Å². The second kappa shape index (κ2) is 22.6. The number of carbonyl (C=O) groups excluding carboxylic acids is 1. The lowest BCUT2D eigenvalue weighted by molar-refractivity contribution is -0.143. The van der Waals surface area contributed by atoms with Crippen LogP contribution in [0, 0.1) is 0 Å². The highest BCUT2D eigenvalue weighted by Gasteiger charge is 2.06. The van der Waals surface area contributed by atoms with Gasteiger partial charge in [-0.1, -0.05) is 58.3 Å². The molecule has 0 aliphatic rings. The van der Waals surface area contributed by atoms with Crippen molar-refractivity contribution in [2.24, 2.45) is 5.73 Å². The largest absolute Gasteiger partial charge is 0.466 e. The summed E-state index contributed by atoms with van der Waals surface area (Å²) in [6, 6.07) is 0. The molecule has 0 unspecified atom stereocenters. The third-order valence-corrected chi connectivity index (χ3v) is 5.18. The number of ether oxygens (including phenoxy) is 1. The van der Waals surface area contributed by atoms with Gasteiger partial charge in [-0.3, -0.25) is 4.79 Å². The van der Waals surface area contributed by atoms with Crippen LogP contribution < -0.4 is 5.73 Å². The molecule has 0 aromatic heterocycles. The van der Waals surface area contributed by atoms with E-state index < -0.39 is 0 Å². The average Bonchev–Trinajstić information content (AvgIpc) is 2.70. The van der Waals surface area contributed by atoms with E-state index in [4.69, 9.17) is 15.6 Å². The molecule has 0 radical (unpaired) electrons. The summed E-state index contributed by atoms with van der Waals surface area (Å²) in [6.45, 7) is 6.73. The monoisotopic (exact) mass is 400 g/mol. The van der Waals surface area contributed by atoms with Crippen molar-refractivity contribution < 1.29 is 14.6 Å². The number of nitrogens with two attached hydrogens (primary N) is 1. The number of nitrogens with zero attached hydrogens (tertiary/aromatic N) is 1. The van der Waals surface area contributed by atoms with E-state index in [0.29, 0.717) is 13.0 Å². The van der Waals surface area contributed by atoms with Crippen LogP contribution >= 0.6 is 0 Å². The molecule has 0 rings (SSSR count). The first kappa shape index (κ1) is 27.4. The van der Waals surface area contributed by atoms with Gasteiger partial charge < -0.3 is 20.5 Å². The molecule has 0 saturated heterocycles. The van der Waals surface area contributed by atoms with E-state index in [1.807, 2.05) is 0 Å². The zero-order chi connectivity index (χ0) is 20.7. The van der Waals surface area contributed by atoms with Crippen LogP contribution in [-0.2, 0) is 9.53 Å². The number of carbonyl (C=O) groups is 1. The normalized spacial score (nSPS) is 11.3. The first-order valence-electron chi connectivity index (χ1n) is 11.9. The summed E-state index contributed by atoms with van der Waals surface area (Å²) in [5.74, 6) is -0.0513. The van der Waals surface area contributed by atoms with Crippen LogP contribution in [0.3, 0.4) is 0 Å².